The van der Waals surface area contributed by atoms with Crippen molar-refractivity contribution in [3.63, 3.8) is 0 Å². The first-order valence-electron chi connectivity index (χ1n) is 4.72. The number of halogens is 3. The number of rotatable bonds is 2. The molecule has 0 bridgehead atoms. The molecule has 1 aromatic heterocycles. The standard InChI is InChI=1S/C11H7BrClFN2O/c12-9-3-6(14)1-2-8(9)11-15-7(5-13)4-10(17)16-11/h1-4H,5H2,(H,15,16,17). The zero-order valence-electron chi connectivity index (χ0n) is 8.51. The summed E-state index contributed by atoms with van der Waals surface area (Å²) in [7, 11) is 0. The van der Waals surface area contributed by atoms with Crippen molar-refractivity contribution in [3.05, 3.63) is 50.6 Å². The predicted octanol–water partition coefficient (Wildman–Crippen LogP) is 3.08. The average Bonchev–Trinajstić information content (AvgIpc) is 2.28. The normalized spacial score (nSPS) is 10.5. The molecule has 1 heterocycles. The minimum Gasteiger partial charge on any atom is -0.306 e. The van der Waals surface area contributed by atoms with E-state index in [-0.39, 0.29) is 17.3 Å². The van der Waals surface area contributed by atoms with E-state index >= 15 is 0 Å². The molecule has 6 heteroatoms. The summed E-state index contributed by atoms with van der Waals surface area (Å²) < 4.78 is 13.5. The molecule has 0 aliphatic rings. The second-order valence-electron chi connectivity index (χ2n) is 3.34. The van der Waals surface area contributed by atoms with Crippen LogP contribution in [0.2, 0.25) is 0 Å². The third-order valence-electron chi connectivity index (χ3n) is 2.12. The molecule has 0 unspecified atom stereocenters. The van der Waals surface area contributed by atoms with Crippen molar-refractivity contribution in [1.82, 2.24) is 9.97 Å². The Hall–Kier alpha value is -1.20. The highest BCUT2D eigenvalue weighted by Gasteiger charge is 2.08. The topological polar surface area (TPSA) is 45.8 Å². The molecular weight excluding hydrogens is 310 g/mol. The Labute approximate surface area is 110 Å². The molecule has 2 aromatic rings. The number of aromatic nitrogens is 2. The fourth-order valence-electron chi connectivity index (χ4n) is 1.39. The van der Waals surface area contributed by atoms with Gasteiger partial charge in [-0.3, -0.25) is 4.79 Å². The molecule has 0 saturated carbocycles. The molecule has 0 aliphatic heterocycles. The highest BCUT2D eigenvalue weighted by Crippen LogP contribution is 2.25. The van der Waals surface area contributed by atoms with Gasteiger partial charge in [0, 0.05) is 16.1 Å². The number of nitrogens with zero attached hydrogens (tertiary/aromatic N) is 1. The number of benzene rings is 1. The maximum atomic E-state index is 12.9. The quantitative estimate of drug-likeness (QED) is 0.865. The van der Waals surface area contributed by atoms with Crippen LogP contribution in [0.25, 0.3) is 11.4 Å². The molecule has 0 amide bonds. The molecule has 3 nitrogen and oxygen atoms in total. The minimum atomic E-state index is -0.364. The molecular formula is C11H7BrClFN2O. The molecule has 0 atom stereocenters. The highest BCUT2D eigenvalue weighted by molar-refractivity contribution is 9.10. The lowest BCUT2D eigenvalue weighted by atomic mass is 10.2. The van der Waals surface area contributed by atoms with E-state index in [2.05, 4.69) is 25.9 Å². The van der Waals surface area contributed by atoms with Gasteiger partial charge in [0.05, 0.1) is 11.6 Å². The Bertz CT molecular complexity index is 615. The van der Waals surface area contributed by atoms with Gasteiger partial charge in [0.15, 0.2) is 0 Å². The maximum Gasteiger partial charge on any atom is 0.251 e. The van der Waals surface area contributed by atoms with Crippen molar-refractivity contribution in [2.45, 2.75) is 5.88 Å². The number of nitrogens with one attached hydrogen (secondary N) is 1. The zero-order chi connectivity index (χ0) is 12.4. The predicted molar refractivity (Wildman–Crippen MR) is 67.5 cm³/mol. The Kier molecular flexibility index (Phi) is 3.59. The third kappa shape index (κ3) is 2.73. The molecule has 2 rings (SSSR count). The molecule has 0 aliphatic carbocycles. The van der Waals surface area contributed by atoms with E-state index < -0.39 is 0 Å². The van der Waals surface area contributed by atoms with Gasteiger partial charge >= 0.3 is 0 Å². The van der Waals surface area contributed by atoms with E-state index in [9.17, 15) is 9.18 Å². The van der Waals surface area contributed by atoms with Gasteiger partial charge in [0.25, 0.3) is 5.56 Å². The molecule has 0 radical (unpaired) electrons. The summed E-state index contributed by atoms with van der Waals surface area (Å²) in [4.78, 5) is 18.1. The van der Waals surface area contributed by atoms with Crippen molar-refractivity contribution in [3.8, 4) is 11.4 Å². The molecule has 0 saturated heterocycles. The summed E-state index contributed by atoms with van der Waals surface area (Å²) >= 11 is 8.86. The number of hydrogen-bond donors (Lipinski definition) is 1. The number of alkyl halides is 1. The highest BCUT2D eigenvalue weighted by atomic mass is 79.9. The Morgan fingerprint density at radius 1 is 1.41 bits per heavy atom. The van der Waals surface area contributed by atoms with E-state index in [1.807, 2.05) is 0 Å². The lowest BCUT2D eigenvalue weighted by Gasteiger charge is -2.05. The number of aromatic amines is 1. The number of H-pyrrole nitrogens is 1. The van der Waals surface area contributed by atoms with Crippen molar-refractivity contribution < 1.29 is 4.39 Å². The van der Waals surface area contributed by atoms with Gasteiger partial charge < -0.3 is 4.98 Å². The van der Waals surface area contributed by atoms with Gasteiger partial charge in [0.1, 0.15) is 11.6 Å². The molecule has 17 heavy (non-hydrogen) atoms. The fraction of sp³-hybridized carbons (Fsp3) is 0.0909. The van der Waals surface area contributed by atoms with Crippen molar-refractivity contribution in [2.24, 2.45) is 0 Å². The van der Waals surface area contributed by atoms with Gasteiger partial charge in [-0.25, -0.2) is 9.37 Å². The smallest absolute Gasteiger partial charge is 0.251 e. The van der Waals surface area contributed by atoms with Crippen LogP contribution in [-0.2, 0) is 5.88 Å². The molecule has 0 fully saturated rings. The molecule has 88 valence electrons. The SMILES string of the molecule is O=c1cc(CCl)nc(-c2ccc(F)cc2Br)[nH]1. The maximum absolute atomic E-state index is 12.9. The first-order valence-corrected chi connectivity index (χ1v) is 6.04. The minimum absolute atomic E-state index is 0.149. The molecule has 1 N–H and O–H groups in total. The second kappa shape index (κ2) is 4.98. The van der Waals surface area contributed by atoms with E-state index in [1.54, 1.807) is 0 Å². The van der Waals surface area contributed by atoms with Crippen LogP contribution in [0.15, 0.2) is 33.5 Å². The summed E-state index contributed by atoms with van der Waals surface area (Å²) in [6.45, 7) is 0. The molecule has 1 aromatic carbocycles. The first-order chi connectivity index (χ1) is 8.10. The van der Waals surface area contributed by atoms with E-state index in [0.29, 0.717) is 21.6 Å². The van der Waals surface area contributed by atoms with Gasteiger partial charge in [0.2, 0.25) is 0 Å². The van der Waals surface area contributed by atoms with Crippen LogP contribution in [0.1, 0.15) is 5.69 Å². The van der Waals surface area contributed by atoms with Crippen LogP contribution in [0.4, 0.5) is 4.39 Å². The van der Waals surface area contributed by atoms with Crippen molar-refractivity contribution >= 4 is 27.5 Å². The van der Waals surface area contributed by atoms with Crippen LogP contribution in [0.3, 0.4) is 0 Å². The van der Waals surface area contributed by atoms with E-state index in [0.717, 1.165) is 0 Å². The zero-order valence-corrected chi connectivity index (χ0v) is 10.8. The summed E-state index contributed by atoms with van der Waals surface area (Å²) in [5.74, 6) is 0.145. The van der Waals surface area contributed by atoms with Gasteiger partial charge in [-0.1, -0.05) is 0 Å². The third-order valence-corrected chi connectivity index (χ3v) is 3.05. The van der Waals surface area contributed by atoms with Gasteiger partial charge in [-0.2, -0.15) is 0 Å². The van der Waals surface area contributed by atoms with Gasteiger partial charge in [-0.05, 0) is 34.1 Å². The second-order valence-corrected chi connectivity index (χ2v) is 4.46. The Balaban J connectivity index is 2.60. The molecule has 0 spiro atoms. The van der Waals surface area contributed by atoms with Crippen molar-refractivity contribution in [1.29, 1.82) is 0 Å². The lowest BCUT2D eigenvalue weighted by molar-refractivity contribution is 0.627. The van der Waals surface area contributed by atoms with Crippen LogP contribution in [-0.4, -0.2) is 9.97 Å². The monoisotopic (exact) mass is 316 g/mol. The van der Waals surface area contributed by atoms with Crippen molar-refractivity contribution in [2.75, 3.05) is 0 Å². The Morgan fingerprint density at radius 3 is 2.82 bits per heavy atom. The van der Waals surface area contributed by atoms with Crippen LogP contribution in [0, 0.1) is 5.82 Å². The summed E-state index contributed by atoms with van der Waals surface area (Å²) in [5.41, 5.74) is 0.791. The van der Waals surface area contributed by atoms with E-state index in [4.69, 9.17) is 11.6 Å². The first kappa shape index (κ1) is 12.3. The summed E-state index contributed by atoms with van der Waals surface area (Å²) in [5, 5.41) is 0. The average molecular weight is 318 g/mol. The lowest BCUT2D eigenvalue weighted by Crippen LogP contribution is -2.09. The van der Waals surface area contributed by atoms with Crippen LogP contribution >= 0.6 is 27.5 Å². The van der Waals surface area contributed by atoms with Gasteiger partial charge in [-0.15, -0.1) is 11.6 Å². The van der Waals surface area contributed by atoms with Crippen LogP contribution < -0.4 is 5.56 Å². The van der Waals surface area contributed by atoms with Crippen LogP contribution in [0.5, 0.6) is 0 Å². The largest absolute Gasteiger partial charge is 0.306 e. The number of hydrogen-bond acceptors (Lipinski definition) is 2. The fourth-order valence-corrected chi connectivity index (χ4v) is 2.06. The summed E-state index contributed by atoms with van der Waals surface area (Å²) in [6, 6.07) is 5.47. The van der Waals surface area contributed by atoms with E-state index in [1.165, 1.54) is 24.3 Å². The summed E-state index contributed by atoms with van der Waals surface area (Å²) in [6.07, 6.45) is 0. The Morgan fingerprint density at radius 2 is 2.18 bits per heavy atom.